The van der Waals surface area contributed by atoms with Gasteiger partial charge in [-0.25, -0.2) is 0 Å². The van der Waals surface area contributed by atoms with Crippen molar-refractivity contribution >= 4 is 11.6 Å². The molecule has 1 heteroatoms. The molecule has 3 rings (SSSR count). The summed E-state index contributed by atoms with van der Waals surface area (Å²) in [6, 6.07) is 9.41. The number of rotatable bonds is 7. The Morgan fingerprint density at radius 2 is 1.35 bits per heavy atom. The molecule has 0 spiro atoms. The third-order valence-corrected chi connectivity index (χ3v) is 7.27. The molecule has 2 fully saturated rings. The van der Waals surface area contributed by atoms with Crippen molar-refractivity contribution in [3.8, 4) is 0 Å². The van der Waals surface area contributed by atoms with Gasteiger partial charge in [0.25, 0.3) is 0 Å². The molecular formula is C25H37Cl. The molecular weight excluding hydrogens is 336 g/mol. The summed E-state index contributed by atoms with van der Waals surface area (Å²) in [5, 5.41) is 0. The van der Waals surface area contributed by atoms with Gasteiger partial charge in [-0.3, -0.25) is 0 Å². The van der Waals surface area contributed by atoms with E-state index in [0.717, 1.165) is 23.7 Å². The van der Waals surface area contributed by atoms with Crippen molar-refractivity contribution in [1.29, 1.82) is 0 Å². The molecule has 0 saturated heterocycles. The molecule has 0 amide bonds. The Kier molecular flexibility index (Phi) is 8.11. The highest BCUT2D eigenvalue weighted by Crippen LogP contribution is 2.42. The van der Waals surface area contributed by atoms with E-state index in [1.54, 1.807) is 5.54 Å². The van der Waals surface area contributed by atoms with Crippen molar-refractivity contribution in [1.82, 2.24) is 0 Å². The van der Waals surface area contributed by atoms with Crippen molar-refractivity contribution in [3.63, 3.8) is 0 Å². The van der Waals surface area contributed by atoms with Crippen molar-refractivity contribution < 1.29 is 0 Å². The topological polar surface area (TPSA) is 0 Å². The lowest BCUT2D eigenvalue weighted by molar-refractivity contribution is 0.153. The molecule has 0 unspecified atom stereocenters. The summed E-state index contributed by atoms with van der Waals surface area (Å²) in [4.78, 5) is 0. The van der Waals surface area contributed by atoms with E-state index >= 15 is 0 Å². The van der Waals surface area contributed by atoms with Crippen LogP contribution in [0.15, 0.2) is 35.9 Å². The summed E-state index contributed by atoms with van der Waals surface area (Å²) < 4.78 is 0. The van der Waals surface area contributed by atoms with Crippen LogP contribution < -0.4 is 0 Å². The van der Waals surface area contributed by atoms with E-state index in [1.807, 2.05) is 0 Å². The quantitative estimate of drug-likeness (QED) is 0.455. The van der Waals surface area contributed by atoms with Gasteiger partial charge in [-0.05, 0) is 92.6 Å². The van der Waals surface area contributed by atoms with Crippen molar-refractivity contribution in [2.75, 3.05) is 0 Å². The minimum Gasteiger partial charge on any atom is -0.0933 e. The van der Waals surface area contributed by atoms with Crippen LogP contribution >= 0.6 is 11.6 Å². The van der Waals surface area contributed by atoms with Crippen LogP contribution in [0.2, 0.25) is 0 Å². The molecule has 0 nitrogen and oxygen atoms in total. The molecule has 0 bridgehead atoms. The van der Waals surface area contributed by atoms with Crippen LogP contribution in [0, 0.1) is 23.7 Å². The fraction of sp³-hybridized carbons (Fsp3) is 0.680. The van der Waals surface area contributed by atoms with Gasteiger partial charge in [0.15, 0.2) is 0 Å². The Balaban J connectivity index is 1.36. The number of allylic oxidation sites excluding steroid dienone is 1. The van der Waals surface area contributed by atoms with Gasteiger partial charge in [0, 0.05) is 5.54 Å². The Hall–Kier alpha value is -0.750. The van der Waals surface area contributed by atoms with Crippen LogP contribution in [0.5, 0.6) is 0 Å². The Labute approximate surface area is 166 Å². The second-order valence-corrected chi connectivity index (χ2v) is 9.13. The van der Waals surface area contributed by atoms with Crippen molar-refractivity contribution in [2.24, 2.45) is 23.7 Å². The molecule has 0 aliphatic heterocycles. The van der Waals surface area contributed by atoms with Gasteiger partial charge >= 0.3 is 0 Å². The van der Waals surface area contributed by atoms with Gasteiger partial charge in [0.2, 0.25) is 0 Å². The van der Waals surface area contributed by atoms with Gasteiger partial charge in [0.1, 0.15) is 0 Å². The van der Waals surface area contributed by atoms with Gasteiger partial charge < -0.3 is 0 Å². The number of benzene rings is 1. The van der Waals surface area contributed by atoms with Crippen LogP contribution in [-0.2, 0) is 12.8 Å². The predicted octanol–water partition coefficient (Wildman–Crippen LogP) is 7.94. The number of hydrogen-bond acceptors (Lipinski definition) is 0. The lowest BCUT2D eigenvalue weighted by Crippen LogP contribution is -2.25. The highest BCUT2D eigenvalue weighted by molar-refractivity contribution is 6.25. The first-order valence-corrected chi connectivity index (χ1v) is 11.6. The molecule has 1 aromatic carbocycles. The summed E-state index contributed by atoms with van der Waals surface area (Å²) in [6.45, 7) is 2.26. The molecule has 144 valence electrons. The number of aryl methyl sites for hydroxylation is 2. The van der Waals surface area contributed by atoms with Crippen molar-refractivity contribution in [2.45, 2.75) is 84.0 Å². The minimum atomic E-state index is 0.754. The first-order valence-electron chi connectivity index (χ1n) is 11.1. The zero-order chi connectivity index (χ0) is 18.2. The maximum Gasteiger partial charge on any atom is 0.000525 e. The van der Waals surface area contributed by atoms with Crippen LogP contribution in [0.1, 0.15) is 82.3 Å². The smallest absolute Gasteiger partial charge is 0.000525 e. The number of halogens is 1. The molecule has 0 N–H and O–H groups in total. The Bertz CT molecular complexity index is 528. The minimum absolute atomic E-state index is 0.754. The van der Waals surface area contributed by atoms with Gasteiger partial charge in [-0.2, -0.15) is 0 Å². The predicted molar refractivity (Wildman–Crippen MR) is 115 cm³/mol. The highest BCUT2D eigenvalue weighted by Gasteiger charge is 2.30. The van der Waals surface area contributed by atoms with E-state index in [2.05, 4.69) is 37.3 Å². The van der Waals surface area contributed by atoms with E-state index in [9.17, 15) is 0 Å². The maximum atomic E-state index is 5.75. The molecule has 0 heterocycles. The largest absolute Gasteiger partial charge is 0.0933 e. The van der Waals surface area contributed by atoms with E-state index in [1.165, 1.54) is 88.2 Å². The van der Waals surface area contributed by atoms with Crippen LogP contribution in [0.4, 0.5) is 0 Å². The first kappa shape index (κ1) is 20.0. The molecule has 1 aromatic rings. The third-order valence-electron chi connectivity index (χ3n) is 7.12. The summed E-state index contributed by atoms with van der Waals surface area (Å²) >= 11 is 5.75. The van der Waals surface area contributed by atoms with Crippen LogP contribution in [-0.4, -0.2) is 0 Å². The van der Waals surface area contributed by atoms with Crippen molar-refractivity contribution in [3.05, 3.63) is 47.0 Å². The summed E-state index contributed by atoms with van der Waals surface area (Å²) in [7, 11) is 0. The Morgan fingerprint density at radius 3 is 1.88 bits per heavy atom. The summed E-state index contributed by atoms with van der Waals surface area (Å²) in [6.07, 6.45) is 18.9. The van der Waals surface area contributed by atoms with E-state index in [0.29, 0.717) is 0 Å². The standard InChI is InChI=1S/C25H37Cl/c1-2-3-20-4-6-21(7-5-20)8-9-22-10-14-24(15-11-22)25-16-12-23(13-17-25)18-19-26/h4-7,18-19,22-25H,2-3,8-17H2,1H3/b19-18+. The monoisotopic (exact) mass is 372 g/mol. The summed E-state index contributed by atoms with van der Waals surface area (Å²) in [5.74, 6) is 3.74. The SMILES string of the molecule is CCCc1ccc(CCC2CCC(C3CCC(/C=C/Cl)CC3)CC2)cc1. The average Bonchev–Trinajstić information content (AvgIpc) is 2.69. The molecule has 0 radical (unpaired) electrons. The zero-order valence-electron chi connectivity index (χ0n) is 16.6. The van der Waals surface area contributed by atoms with Crippen LogP contribution in [0.3, 0.4) is 0 Å². The highest BCUT2D eigenvalue weighted by atomic mass is 35.5. The molecule has 0 atom stereocenters. The second kappa shape index (κ2) is 10.5. The molecule has 2 aliphatic rings. The molecule has 2 saturated carbocycles. The lowest BCUT2D eigenvalue weighted by Gasteiger charge is -2.37. The molecule has 0 aromatic heterocycles. The van der Waals surface area contributed by atoms with E-state index in [4.69, 9.17) is 11.6 Å². The lowest BCUT2D eigenvalue weighted by atomic mass is 9.68. The second-order valence-electron chi connectivity index (χ2n) is 8.88. The zero-order valence-corrected chi connectivity index (χ0v) is 17.4. The first-order chi connectivity index (χ1) is 12.8. The maximum absolute atomic E-state index is 5.75. The Morgan fingerprint density at radius 1 is 0.808 bits per heavy atom. The molecule has 2 aliphatic carbocycles. The normalized spacial score (nSPS) is 29.9. The van der Waals surface area contributed by atoms with E-state index in [-0.39, 0.29) is 0 Å². The fourth-order valence-electron chi connectivity index (χ4n) is 5.39. The average molecular weight is 373 g/mol. The van der Waals surface area contributed by atoms with Crippen LogP contribution in [0.25, 0.3) is 0 Å². The summed E-state index contributed by atoms with van der Waals surface area (Å²) in [5.41, 5.74) is 4.76. The van der Waals surface area contributed by atoms with Gasteiger partial charge in [-0.1, -0.05) is 68.1 Å². The van der Waals surface area contributed by atoms with E-state index < -0.39 is 0 Å². The molecule has 26 heavy (non-hydrogen) atoms. The number of hydrogen-bond donors (Lipinski definition) is 0. The van der Waals surface area contributed by atoms with Gasteiger partial charge in [0.05, 0.1) is 0 Å². The third kappa shape index (κ3) is 5.88. The van der Waals surface area contributed by atoms with Gasteiger partial charge in [-0.15, -0.1) is 0 Å². The fourth-order valence-corrected chi connectivity index (χ4v) is 5.60.